The third-order valence-corrected chi connectivity index (χ3v) is 6.22. The minimum atomic E-state index is -0.622. The second kappa shape index (κ2) is 9.81. The monoisotopic (exact) mass is 470 g/mol. The lowest BCUT2D eigenvalue weighted by atomic mass is 9.96. The van der Waals surface area contributed by atoms with E-state index in [0.29, 0.717) is 43.1 Å². The van der Waals surface area contributed by atoms with Crippen LogP contribution < -0.4 is 21.5 Å². The molecular formula is C26H26N6O3. The number of nitrogens with two attached hydrogens (primary N) is 1. The predicted octanol–water partition coefficient (Wildman–Crippen LogP) is 2.56. The van der Waals surface area contributed by atoms with Crippen LogP contribution in [0.2, 0.25) is 0 Å². The van der Waals surface area contributed by atoms with Gasteiger partial charge in [0.15, 0.2) is 0 Å². The van der Waals surface area contributed by atoms with E-state index in [4.69, 9.17) is 10.7 Å². The number of nitrogens with zero attached hydrogens (tertiary/aromatic N) is 4. The highest BCUT2D eigenvalue weighted by atomic mass is 16.2. The highest BCUT2D eigenvalue weighted by molar-refractivity contribution is 6.10. The molecule has 9 nitrogen and oxygen atoms in total. The van der Waals surface area contributed by atoms with Gasteiger partial charge in [0.2, 0.25) is 5.91 Å². The zero-order valence-corrected chi connectivity index (χ0v) is 19.6. The van der Waals surface area contributed by atoms with Gasteiger partial charge < -0.3 is 16.0 Å². The van der Waals surface area contributed by atoms with E-state index in [9.17, 15) is 19.6 Å². The minimum absolute atomic E-state index is 0.140. The first-order valence-electron chi connectivity index (χ1n) is 11.3. The standard InChI is InChI=1S/C26H26N6O3/c1-16-5-7-20(8-6-16)29-25(34)19(15-27)14-21-24(31-12-9-18(10-13-31)22(28)33)30-23-17(2)4-3-11-32(23)26(21)35/h3-8,11,14,18H,9-10,12-13H2,1-2H3,(H2,28,33)(H,29,34). The smallest absolute Gasteiger partial charge is 0.267 e. The van der Waals surface area contributed by atoms with Crippen LogP contribution in [0.5, 0.6) is 0 Å². The van der Waals surface area contributed by atoms with Crippen LogP contribution in [0.15, 0.2) is 53.0 Å². The molecule has 0 radical (unpaired) electrons. The van der Waals surface area contributed by atoms with Crippen LogP contribution in [-0.4, -0.2) is 34.3 Å². The van der Waals surface area contributed by atoms with Crippen molar-refractivity contribution in [3.8, 4) is 6.07 Å². The van der Waals surface area contributed by atoms with Crippen molar-refractivity contribution in [3.63, 3.8) is 0 Å². The van der Waals surface area contributed by atoms with Crippen LogP contribution in [0.25, 0.3) is 11.7 Å². The number of benzene rings is 1. The van der Waals surface area contributed by atoms with Gasteiger partial charge >= 0.3 is 0 Å². The van der Waals surface area contributed by atoms with Gasteiger partial charge in [-0.15, -0.1) is 0 Å². The highest BCUT2D eigenvalue weighted by Gasteiger charge is 2.27. The third kappa shape index (κ3) is 4.92. The van der Waals surface area contributed by atoms with E-state index in [0.717, 1.165) is 11.1 Å². The van der Waals surface area contributed by atoms with Crippen molar-refractivity contribution in [1.29, 1.82) is 5.26 Å². The van der Waals surface area contributed by atoms with E-state index in [1.807, 2.05) is 43.0 Å². The van der Waals surface area contributed by atoms with Gasteiger partial charge in [0, 0.05) is 30.9 Å². The van der Waals surface area contributed by atoms with Crippen molar-refractivity contribution in [2.45, 2.75) is 26.7 Å². The maximum absolute atomic E-state index is 13.5. The van der Waals surface area contributed by atoms with Gasteiger partial charge in [-0.1, -0.05) is 23.8 Å². The quantitative estimate of drug-likeness (QED) is 0.435. The van der Waals surface area contributed by atoms with Crippen molar-refractivity contribution in [1.82, 2.24) is 9.38 Å². The number of amides is 2. The van der Waals surface area contributed by atoms with Crippen LogP contribution in [0.4, 0.5) is 11.5 Å². The summed E-state index contributed by atoms with van der Waals surface area (Å²) in [6.07, 6.45) is 3.97. The number of nitriles is 1. The number of rotatable bonds is 5. The lowest BCUT2D eigenvalue weighted by Crippen LogP contribution is -2.40. The Hall–Kier alpha value is -4.45. The summed E-state index contributed by atoms with van der Waals surface area (Å²) in [6.45, 7) is 4.73. The molecule has 1 saturated heterocycles. The summed E-state index contributed by atoms with van der Waals surface area (Å²) >= 11 is 0. The molecule has 4 rings (SSSR count). The van der Waals surface area contributed by atoms with Gasteiger partial charge in [0.05, 0.1) is 5.56 Å². The summed E-state index contributed by atoms with van der Waals surface area (Å²) in [5, 5.41) is 12.5. The SMILES string of the molecule is Cc1ccc(NC(=O)C(C#N)=Cc2c(N3CCC(C(N)=O)CC3)nc3c(C)cccn3c2=O)cc1. The average molecular weight is 471 g/mol. The summed E-state index contributed by atoms with van der Waals surface area (Å²) in [7, 11) is 0. The molecule has 0 saturated carbocycles. The Balaban J connectivity index is 1.78. The fourth-order valence-corrected chi connectivity index (χ4v) is 4.17. The van der Waals surface area contributed by atoms with Crippen LogP contribution in [0.1, 0.15) is 29.5 Å². The maximum atomic E-state index is 13.5. The summed E-state index contributed by atoms with van der Waals surface area (Å²) in [5.41, 5.74) is 7.89. The molecule has 3 aromatic rings. The predicted molar refractivity (Wildman–Crippen MR) is 134 cm³/mol. The maximum Gasteiger partial charge on any atom is 0.267 e. The Bertz CT molecular complexity index is 1420. The highest BCUT2D eigenvalue weighted by Crippen LogP contribution is 2.26. The number of fused-ring (bicyclic) bond motifs is 1. The lowest BCUT2D eigenvalue weighted by molar-refractivity contribution is -0.122. The van der Waals surface area contributed by atoms with E-state index in [2.05, 4.69) is 5.32 Å². The molecule has 0 atom stereocenters. The number of nitrogens with one attached hydrogen (secondary N) is 1. The lowest BCUT2D eigenvalue weighted by Gasteiger charge is -2.32. The number of aromatic nitrogens is 2. The number of pyridine rings is 1. The second-order valence-corrected chi connectivity index (χ2v) is 8.69. The van der Waals surface area contributed by atoms with E-state index in [1.165, 1.54) is 10.5 Å². The molecular weight excluding hydrogens is 444 g/mol. The number of carbonyl (C=O) groups is 2. The van der Waals surface area contributed by atoms with E-state index in [-0.39, 0.29) is 28.5 Å². The topological polar surface area (TPSA) is 134 Å². The van der Waals surface area contributed by atoms with Gasteiger partial charge in [0.1, 0.15) is 23.1 Å². The van der Waals surface area contributed by atoms with Crippen molar-refractivity contribution in [2.24, 2.45) is 11.7 Å². The Morgan fingerprint density at radius 1 is 1.17 bits per heavy atom. The first kappa shape index (κ1) is 23.7. The molecule has 178 valence electrons. The minimum Gasteiger partial charge on any atom is -0.369 e. The molecule has 1 fully saturated rings. The second-order valence-electron chi connectivity index (χ2n) is 8.69. The summed E-state index contributed by atoms with van der Waals surface area (Å²) in [6, 6.07) is 12.7. The van der Waals surface area contributed by atoms with Crippen molar-refractivity contribution < 1.29 is 9.59 Å². The normalized spacial score (nSPS) is 14.5. The van der Waals surface area contributed by atoms with Crippen LogP contribution >= 0.6 is 0 Å². The van der Waals surface area contributed by atoms with Gasteiger partial charge in [-0.2, -0.15) is 5.26 Å². The van der Waals surface area contributed by atoms with Crippen LogP contribution in [0.3, 0.4) is 0 Å². The Kier molecular flexibility index (Phi) is 6.64. The van der Waals surface area contributed by atoms with Gasteiger partial charge in [-0.3, -0.25) is 18.8 Å². The number of carbonyl (C=O) groups excluding carboxylic acids is 2. The van der Waals surface area contributed by atoms with Gasteiger partial charge in [-0.05, 0) is 56.5 Å². The van der Waals surface area contributed by atoms with E-state index < -0.39 is 5.91 Å². The molecule has 9 heteroatoms. The molecule has 2 aromatic heterocycles. The Morgan fingerprint density at radius 2 is 1.86 bits per heavy atom. The molecule has 0 bridgehead atoms. The largest absolute Gasteiger partial charge is 0.369 e. The van der Waals surface area contributed by atoms with Crippen LogP contribution in [0, 0.1) is 31.1 Å². The molecule has 1 aromatic carbocycles. The number of hydrogen-bond acceptors (Lipinski definition) is 6. The molecule has 3 N–H and O–H groups in total. The van der Waals surface area contributed by atoms with Gasteiger partial charge in [0.25, 0.3) is 11.5 Å². The Morgan fingerprint density at radius 3 is 2.49 bits per heavy atom. The fraction of sp³-hybridized carbons (Fsp3) is 0.269. The number of hydrogen-bond donors (Lipinski definition) is 2. The number of aryl methyl sites for hydroxylation is 2. The molecule has 1 aliphatic heterocycles. The molecule has 3 heterocycles. The molecule has 2 amide bonds. The summed E-state index contributed by atoms with van der Waals surface area (Å²) in [5.74, 6) is -0.818. The zero-order valence-electron chi connectivity index (χ0n) is 19.6. The van der Waals surface area contributed by atoms with Crippen molar-refractivity contribution in [3.05, 3.63) is 75.2 Å². The molecule has 35 heavy (non-hydrogen) atoms. The Labute approximate surface area is 202 Å². The van der Waals surface area contributed by atoms with E-state index in [1.54, 1.807) is 24.4 Å². The first-order valence-corrected chi connectivity index (χ1v) is 11.3. The zero-order chi connectivity index (χ0) is 25.1. The first-order chi connectivity index (χ1) is 16.8. The molecule has 0 aliphatic carbocycles. The van der Waals surface area contributed by atoms with Crippen molar-refractivity contribution in [2.75, 3.05) is 23.3 Å². The summed E-state index contributed by atoms with van der Waals surface area (Å²) in [4.78, 5) is 44.7. The van der Waals surface area contributed by atoms with E-state index >= 15 is 0 Å². The average Bonchev–Trinajstić information content (AvgIpc) is 2.85. The fourth-order valence-electron chi connectivity index (χ4n) is 4.17. The number of anilines is 2. The van der Waals surface area contributed by atoms with Crippen LogP contribution in [-0.2, 0) is 9.59 Å². The molecule has 0 spiro atoms. The molecule has 0 unspecified atom stereocenters. The number of piperidine rings is 1. The number of primary amides is 1. The van der Waals surface area contributed by atoms with Gasteiger partial charge in [-0.25, -0.2) is 4.98 Å². The summed E-state index contributed by atoms with van der Waals surface area (Å²) < 4.78 is 1.41. The molecule has 1 aliphatic rings. The third-order valence-electron chi connectivity index (χ3n) is 6.22. The van der Waals surface area contributed by atoms with Crippen molar-refractivity contribution >= 4 is 35.0 Å².